The average molecular weight is 244 g/mol. The second kappa shape index (κ2) is 6.97. The van der Waals surface area contributed by atoms with Gasteiger partial charge < -0.3 is 0 Å². The van der Waals surface area contributed by atoms with Gasteiger partial charge in [-0.25, -0.2) is 0 Å². The van der Waals surface area contributed by atoms with Crippen LogP contribution in [0.1, 0.15) is 70.3 Å². The Labute approximate surface area is 113 Å². The van der Waals surface area contributed by atoms with Crippen molar-refractivity contribution < 1.29 is 0 Å². The second-order valence-corrected chi connectivity index (χ2v) is 6.45. The minimum Gasteiger partial charge on any atom is -0.0628 e. The molecule has 2 rings (SSSR count). The molecule has 0 nitrogen and oxygen atoms in total. The van der Waals surface area contributed by atoms with E-state index in [1.54, 1.807) is 5.56 Å². The Morgan fingerprint density at radius 2 is 1.67 bits per heavy atom. The molecule has 0 atom stereocenters. The van der Waals surface area contributed by atoms with E-state index in [0.717, 1.165) is 17.8 Å². The third kappa shape index (κ3) is 4.15. The molecular weight excluding hydrogens is 216 g/mol. The first-order valence-corrected chi connectivity index (χ1v) is 7.80. The van der Waals surface area contributed by atoms with Gasteiger partial charge in [0.05, 0.1) is 0 Å². The lowest BCUT2D eigenvalue weighted by molar-refractivity contribution is 0.298. The molecule has 18 heavy (non-hydrogen) atoms. The normalized spacial score (nSPS) is 24.4. The molecule has 0 heteroatoms. The molecule has 0 spiro atoms. The summed E-state index contributed by atoms with van der Waals surface area (Å²) in [7, 11) is 0. The summed E-state index contributed by atoms with van der Waals surface area (Å²) in [5.74, 6) is 2.74. The molecule has 100 valence electrons. The lowest BCUT2D eigenvalue weighted by Crippen LogP contribution is -2.13. The van der Waals surface area contributed by atoms with E-state index in [9.17, 15) is 0 Å². The topological polar surface area (TPSA) is 0 Å². The summed E-state index contributed by atoms with van der Waals surface area (Å²) in [4.78, 5) is 0. The summed E-state index contributed by atoms with van der Waals surface area (Å²) in [6, 6.07) is 11.1. The molecule has 0 amide bonds. The molecule has 0 aliphatic heterocycles. The van der Waals surface area contributed by atoms with E-state index in [2.05, 4.69) is 44.2 Å². The first kappa shape index (κ1) is 13.6. The Morgan fingerprint density at radius 1 is 1.00 bits per heavy atom. The zero-order valence-corrected chi connectivity index (χ0v) is 12.1. The Morgan fingerprint density at radius 3 is 2.28 bits per heavy atom. The summed E-state index contributed by atoms with van der Waals surface area (Å²) in [6.07, 6.45) is 10.1. The molecule has 1 aliphatic carbocycles. The Hall–Kier alpha value is -0.780. The molecule has 1 aromatic rings. The van der Waals surface area contributed by atoms with Crippen LogP contribution in [0.2, 0.25) is 0 Å². The fourth-order valence-electron chi connectivity index (χ4n) is 3.32. The molecule has 0 radical (unpaired) electrons. The molecule has 0 bridgehead atoms. The summed E-state index contributed by atoms with van der Waals surface area (Å²) < 4.78 is 0. The van der Waals surface area contributed by atoms with Crippen LogP contribution in [-0.4, -0.2) is 0 Å². The molecule has 1 fully saturated rings. The van der Waals surface area contributed by atoms with E-state index in [-0.39, 0.29) is 0 Å². The van der Waals surface area contributed by atoms with Gasteiger partial charge in [-0.2, -0.15) is 0 Å². The van der Waals surface area contributed by atoms with Crippen molar-refractivity contribution in [2.45, 2.75) is 64.7 Å². The van der Waals surface area contributed by atoms with Crippen LogP contribution < -0.4 is 0 Å². The van der Waals surface area contributed by atoms with Crippen molar-refractivity contribution in [3.05, 3.63) is 35.9 Å². The van der Waals surface area contributed by atoms with Gasteiger partial charge in [0.25, 0.3) is 0 Å². The lowest BCUT2D eigenvalue weighted by Gasteiger charge is -2.29. The van der Waals surface area contributed by atoms with Crippen molar-refractivity contribution in [2.75, 3.05) is 0 Å². The van der Waals surface area contributed by atoms with Gasteiger partial charge in [0.2, 0.25) is 0 Å². The third-order valence-electron chi connectivity index (χ3n) is 4.51. The van der Waals surface area contributed by atoms with Crippen LogP contribution in [0.3, 0.4) is 0 Å². The number of rotatable bonds is 5. The fraction of sp³-hybridized carbons (Fsp3) is 0.667. The minimum atomic E-state index is 0.840. The maximum atomic E-state index is 2.34. The maximum Gasteiger partial charge on any atom is -0.0162 e. The Kier molecular flexibility index (Phi) is 5.28. The van der Waals surface area contributed by atoms with Crippen LogP contribution in [0.15, 0.2) is 30.3 Å². The summed E-state index contributed by atoms with van der Waals surface area (Å²) in [5, 5.41) is 0. The van der Waals surface area contributed by atoms with Gasteiger partial charge in [0.15, 0.2) is 0 Å². The van der Waals surface area contributed by atoms with Gasteiger partial charge in [-0.05, 0) is 49.0 Å². The highest BCUT2D eigenvalue weighted by molar-refractivity contribution is 5.19. The Balaban J connectivity index is 1.71. The van der Waals surface area contributed by atoms with Crippen molar-refractivity contribution in [1.82, 2.24) is 0 Å². The number of hydrogen-bond donors (Lipinski definition) is 0. The molecule has 0 unspecified atom stereocenters. The summed E-state index contributed by atoms with van der Waals surface area (Å²) in [5.41, 5.74) is 1.57. The van der Waals surface area contributed by atoms with Crippen LogP contribution in [0, 0.1) is 11.8 Å². The van der Waals surface area contributed by atoms with E-state index in [1.807, 2.05) is 0 Å². The van der Waals surface area contributed by atoms with Crippen LogP contribution in [-0.2, 0) is 0 Å². The van der Waals surface area contributed by atoms with Gasteiger partial charge >= 0.3 is 0 Å². The van der Waals surface area contributed by atoms with Crippen molar-refractivity contribution >= 4 is 0 Å². The molecule has 0 aromatic heterocycles. The zero-order chi connectivity index (χ0) is 12.8. The smallest absolute Gasteiger partial charge is 0.0162 e. The van der Waals surface area contributed by atoms with Crippen molar-refractivity contribution in [3.63, 3.8) is 0 Å². The minimum absolute atomic E-state index is 0.840. The predicted octanol–water partition coefficient (Wildman–Crippen LogP) is 5.79. The van der Waals surface area contributed by atoms with Gasteiger partial charge in [-0.1, -0.05) is 63.4 Å². The average Bonchev–Trinajstić information content (AvgIpc) is 2.40. The highest BCUT2D eigenvalue weighted by Crippen LogP contribution is 2.37. The Bertz CT molecular complexity index is 317. The SMILES string of the molecule is CC(C)CCCC1CCC(c2ccccc2)CC1. The molecule has 1 saturated carbocycles. The number of benzene rings is 1. The summed E-state index contributed by atoms with van der Waals surface area (Å²) in [6.45, 7) is 4.68. The first-order valence-electron chi connectivity index (χ1n) is 7.80. The van der Waals surface area contributed by atoms with E-state index >= 15 is 0 Å². The molecule has 0 N–H and O–H groups in total. The highest BCUT2D eigenvalue weighted by atomic mass is 14.3. The largest absolute Gasteiger partial charge is 0.0628 e. The van der Waals surface area contributed by atoms with Crippen molar-refractivity contribution in [3.8, 4) is 0 Å². The van der Waals surface area contributed by atoms with E-state index in [0.29, 0.717) is 0 Å². The van der Waals surface area contributed by atoms with Crippen LogP contribution in [0.25, 0.3) is 0 Å². The quantitative estimate of drug-likeness (QED) is 0.615. The van der Waals surface area contributed by atoms with Crippen LogP contribution >= 0.6 is 0 Å². The van der Waals surface area contributed by atoms with E-state index < -0.39 is 0 Å². The van der Waals surface area contributed by atoms with Gasteiger partial charge in [0.1, 0.15) is 0 Å². The standard InChI is InChI=1S/C18H28/c1-15(2)7-6-8-16-11-13-18(14-12-16)17-9-4-3-5-10-17/h3-5,9-10,15-16,18H,6-8,11-14H2,1-2H3. The predicted molar refractivity (Wildman–Crippen MR) is 79.8 cm³/mol. The number of hydrogen-bond acceptors (Lipinski definition) is 0. The first-order chi connectivity index (χ1) is 8.75. The summed E-state index contributed by atoms with van der Waals surface area (Å²) >= 11 is 0. The van der Waals surface area contributed by atoms with Gasteiger partial charge in [0, 0.05) is 0 Å². The molecule has 0 heterocycles. The van der Waals surface area contributed by atoms with Crippen LogP contribution in [0.5, 0.6) is 0 Å². The monoisotopic (exact) mass is 244 g/mol. The van der Waals surface area contributed by atoms with E-state index in [1.165, 1.54) is 44.9 Å². The van der Waals surface area contributed by atoms with Crippen molar-refractivity contribution in [1.29, 1.82) is 0 Å². The molecule has 0 saturated heterocycles. The fourth-order valence-corrected chi connectivity index (χ4v) is 3.32. The van der Waals surface area contributed by atoms with Gasteiger partial charge in [-0.15, -0.1) is 0 Å². The van der Waals surface area contributed by atoms with E-state index in [4.69, 9.17) is 0 Å². The zero-order valence-electron chi connectivity index (χ0n) is 12.1. The van der Waals surface area contributed by atoms with Crippen LogP contribution in [0.4, 0.5) is 0 Å². The molecule has 1 aliphatic rings. The van der Waals surface area contributed by atoms with Gasteiger partial charge in [-0.3, -0.25) is 0 Å². The third-order valence-corrected chi connectivity index (χ3v) is 4.51. The second-order valence-electron chi connectivity index (χ2n) is 6.45. The lowest BCUT2D eigenvalue weighted by atomic mass is 9.77. The van der Waals surface area contributed by atoms with Crippen molar-refractivity contribution in [2.24, 2.45) is 11.8 Å². The maximum absolute atomic E-state index is 2.34. The molecular formula is C18H28. The highest BCUT2D eigenvalue weighted by Gasteiger charge is 2.21. The molecule has 1 aromatic carbocycles.